The Hall–Kier alpha value is -2.67. The summed E-state index contributed by atoms with van der Waals surface area (Å²) in [4.78, 5) is 8.57. The number of aromatic nitrogens is 3. The SMILES string of the molecule is CCNC(=NCc1ccsc1)NCc1ccc(-n2cncn2)cc1. The van der Waals surface area contributed by atoms with E-state index in [1.165, 1.54) is 17.5 Å². The van der Waals surface area contributed by atoms with Gasteiger partial charge in [0.1, 0.15) is 12.7 Å². The highest BCUT2D eigenvalue weighted by Gasteiger charge is 2.01. The molecule has 1 aromatic carbocycles. The third-order valence-corrected chi connectivity index (χ3v) is 4.16. The van der Waals surface area contributed by atoms with Crippen LogP contribution in [0, 0.1) is 0 Å². The van der Waals surface area contributed by atoms with E-state index in [0.29, 0.717) is 13.1 Å². The fourth-order valence-corrected chi connectivity index (χ4v) is 2.85. The van der Waals surface area contributed by atoms with Crippen LogP contribution in [0.1, 0.15) is 18.1 Å². The van der Waals surface area contributed by atoms with E-state index < -0.39 is 0 Å². The summed E-state index contributed by atoms with van der Waals surface area (Å²) in [5.41, 5.74) is 3.41. The van der Waals surface area contributed by atoms with E-state index in [1.807, 2.05) is 12.1 Å². The van der Waals surface area contributed by atoms with Crippen molar-refractivity contribution in [2.45, 2.75) is 20.0 Å². The summed E-state index contributed by atoms with van der Waals surface area (Å²) in [7, 11) is 0. The van der Waals surface area contributed by atoms with Crippen molar-refractivity contribution < 1.29 is 0 Å². The molecule has 2 N–H and O–H groups in total. The molecule has 0 bridgehead atoms. The zero-order valence-corrected chi connectivity index (χ0v) is 14.3. The van der Waals surface area contributed by atoms with Gasteiger partial charge in [-0.1, -0.05) is 12.1 Å². The molecule has 0 aliphatic rings. The third-order valence-electron chi connectivity index (χ3n) is 3.42. The quantitative estimate of drug-likeness (QED) is 0.535. The molecule has 6 nitrogen and oxygen atoms in total. The van der Waals surface area contributed by atoms with Gasteiger partial charge in [0.2, 0.25) is 0 Å². The standard InChI is InChI=1S/C17H20N6S/c1-2-19-17(21-10-15-7-8-24-11-15)20-9-14-3-5-16(6-4-14)23-13-18-12-22-23/h3-8,11-13H,2,9-10H2,1H3,(H2,19,20,21). The molecular weight excluding hydrogens is 320 g/mol. The Morgan fingerprint density at radius 3 is 2.71 bits per heavy atom. The van der Waals surface area contributed by atoms with Gasteiger partial charge in [-0.3, -0.25) is 0 Å². The predicted molar refractivity (Wildman–Crippen MR) is 97.3 cm³/mol. The Kier molecular flexibility index (Phi) is 5.57. The number of thiophene rings is 1. The second-order valence-corrected chi connectivity index (χ2v) is 5.97. The number of nitrogens with zero attached hydrogens (tertiary/aromatic N) is 4. The van der Waals surface area contributed by atoms with Crippen LogP contribution in [-0.2, 0) is 13.1 Å². The summed E-state index contributed by atoms with van der Waals surface area (Å²) in [5.74, 6) is 0.823. The Balaban J connectivity index is 1.58. The van der Waals surface area contributed by atoms with Gasteiger partial charge in [0.15, 0.2) is 5.96 Å². The zero-order chi connectivity index (χ0) is 16.6. The van der Waals surface area contributed by atoms with E-state index in [9.17, 15) is 0 Å². The van der Waals surface area contributed by atoms with Crippen molar-refractivity contribution in [1.29, 1.82) is 0 Å². The minimum absolute atomic E-state index is 0.685. The average molecular weight is 340 g/mol. The lowest BCUT2D eigenvalue weighted by molar-refractivity contribution is 0.815. The van der Waals surface area contributed by atoms with Crippen LogP contribution in [0.4, 0.5) is 0 Å². The molecule has 2 aromatic heterocycles. The van der Waals surface area contributed by atoms with Crippen molar-refractivity contribution in [2.75, 3.05) is 6.54 Å². The molecule has 2 heterocycles. The number of rotatable bonds is 6. The molecule has 0 spiro atoms. The summed E-state index contributed by atoms with van der Waals surface area (Å²) in [6, 6.07) is 10.3. The van der Waals surface area contributed by atoms with E-state index in [4.69, 9.17) is 0 Å². The minimum atomic E-state index is 0.685. The molecule has 0 atom stereocenters. The van der Waals surface area contributed by atoms with Gasteiger partial charge in [-0.2, -0.15) is 16.4 Å². The normalized spacial score (nSPS) is 11.5. The lowest BCUT2D eigenvalue weighted by atomic mass is 10.2. The maximum absolute atomic E-state index is 4.61. The molecule has 7 heteroatoms. The molecule has 0 saturated carbocycles. The lowest BCUT2D eigenvalue weighted by Crippen LogP contribution is -2.36. The molecule has 3 aromatic rings. The monoisotopic (exact) mass is 340 g/mol. The number of guanidine groups is 1. The van der Waals surface area contributed by atoms with Crippen LogP contribution in [0.25, 0.3) is 5.69 Å². The van der Waals surface area contributed by atoms with Crippen molar-refractivity contribution in [2.24, 2.45) is 4.99 Å². The van der Waals surface area contributed by atoms with Gasteiger partial charge in [0.25, 0.3) is 0 Å². The number of hydrogen-bond acceptors (Lipinski definition) is 4. The zero-order valence-electron chi connectivity index (χ0n) is 13.5. The molecular formula is C17H20N6S. The predicted octanol–water partition coefficient (Wildman–Crippen LogP) is 2.58. The number of aliphatic imine (C=N–C) groups is 1. The molecule has 3 rings (SSSR count). The lowest BCUT2D eigenvalue weighted by Gasteiger charge is -2.11. The Morgan fingerprint density at radius 2 is 2.04 bits per heavy atom. The van der Waals surface area contributed by atoms with Crippen LogP contribution in [0.3, 0.4) is 0 Å². The van der Waals surface area contributed by atoms with Gasteiger partial charge in [0, 0.05) is 13.1 Å². The Morgan fingerprint density at radius 1 is 1.17 bits per heavy atom. The van der Waals surface area contributed by atoms with E-state index in [2.05, 4.69) is 61.6 Å². The van der Waals surface area contributed by atoms with Crippen LogP contribution in [0.2, 0.25) is 0 Å². The fourth-order valence-electron chi connectivity index (χ4n) is 2.19. The third kappa shape index (κ3) is 4.42. The van der Waals surface area contributed by atoms with E-state index in [1.54, 1.807) is 22.3 Å². The van der Waals surface area contributed by atoms with Crippen LogP contribution >= 0.6 is 11.3 Å². The fraction of sp³-hybridized carbons (Fsp3) is 0.235. The maximum Gasteiger partial charge on any atom is 0.191 e. The summed E-state index contributed by atoms with van der Waals surface area (Å²) < 4.78 is 1.74. The van der Waals surface area contributed by atoms with Crippen LogP contribution in [0.15, 0.2) is 58.7 Å². The van der Waals surface area contributed by atoms with Gasteiger partial charge in [-0.25, -0.2) is 14.7 Å². The van der Waals surface area contributed by atoms with Crippen molar-refractivity contribution >= 4 is 17.3 Å². The smallest absolute Gasteiger partial charge is 0.191 e. The largest absolute Gasteiger partial charge is 0.357 e. The molecule has 0 radical (unpaired) electrons. The molecule has 0 amide bonds. The highest BCUT2D eigenvalue weighted by Crippen LogP contribution is 2.08. The van der Waals surface area contributed by atoms with Gasteiger partial charge in [-0.15, -0.1) is 0 Å². The van der Waals surface area contributed by atoms with E-state index in [0.717, 1.165) is 18.2 Å². The van der Waals surface area contributed by atoms with Crippen LogP contribution < -0.4 is 10.6 Å². The highest BCUT2D eigenvalue weighted by molar-refractivity contribution is 7.07. The molecule has 0 unspecified atom stereocenters. The molecule has 0 aliphatic carbocycles. The number of hydrogen-bond donors (Lipinski definition) is 2. The van der Waals surface area contributed by atoms with Gasteiger partial charge in [0.05, 0.1) is 12.2 Å². The summed E-state index contributed by atoms with van der Waals surface area (Å²) in [6.07, 6.45) is 3.22. The van der Waals surface area contributed by atoms with Gasteiger partial charge < -0.3 is 10.6 Å². The molecule has 0 fully saturated rings. The highest BCUT2D eigenvalue weighted by atomic mass is 32.1. The number of benzene rings is 1. The Bertz CT molecular complexity index is 747. The molecule has 124 valence electrons. The second-order valence-electron chi connectivity index (χ2n) is 5.19. The molecule has 0 aliphatic heterocycles. The molecule has 24 heavy (non-hydrogen) atoms. The first-order chi connectivity index (χ1) is 11.8. The summed E-state index contributed by atoms with van der Waals surface area (Å²) >= 11 is 1.69. The average Bonchev–Trinajstić information content (AvgIpc) is 3.31. The minimum Gasteiger partial charge on any atom is -0.357 e. The van der Waals surface area contributed by atoms with Crippen molar-refractivity contribution in [3.05, 3.63) is 64.9 Å². The second kappa shape index (κ2) is 8.26. The van der Waals surface area contributed by atoms with E-state index >= 15 is 0 Å². The molecule has 0 saturated heterocycles. The van der Waals surface area contributed by atoms with E-state index in [-0.39, 0.29) is 0 Å². The van der Waals surface area contributed by atoms with Gasteiger partial charge >= 0.3 is 0 Å². The first-order valence-electron chi connectivity index (χ1n) is 7.82. The maximum atomic E-state index is 4.61. The first-order valence-corrected chi connectivity index (χ1v) is 8.76. The van der Waals surface area contributed by atoms with Crippen LogP contribution in [0.5, 0.6) is 0 Å². The van der Waals surface area contributed by atoms with Crippen molar-refractivity contribution in [3.8, 4) is 5.69 Å². The van der Waals surface area contributed by atoms with Crippen molar-refractivity contribution in [3.63, 3.8) is 0 Å². The topological polar surface area (TPSA) is 67.1 Å². The first kappa shape index (κ1) is 16.2. The number of nitrogens with one attached hydrogen (secondary N) is 2. The summed E-state index contributed by atoms with van der Waals surface area (Å²) in [5, 5.41) is 14.9. The Labute approximate surface area is 145 Å². The van der Waals surface area contributed by atoms with Crippen LogP contribution in [-0.4, -0.2) is 27.3 Å². The van der Waals surface area contributed by atoms with Gasteiger partial charge in [-0.05, 0) is 47.0 Å². The summed E-state index contributed by atoms with van der Waals surface area (Å²) in [6.45, 7) is 4.30. The van der Waals surface area contributed by atoms with Crippen molar-refractivity contribution in [1.82, 2.24) is 25.4 Å².